The van der Waals surface area contributed by atoms with Gasteiger partial charge in [-0.25, -0.2) is 0 Å². The van der Waals surface area contributed by atoms with E-state index in [0.717, 1.165) is 12.1 Å². The maximum Gasteiger partial charge on any atom is 1.00 e. The molecule has 0 spiro atoms. The second-order valence-electron chi connectivity index (χ2n) is 6.05. The number of nitrogens with zero attached hydrogens (tertiary/aromatic N) is 1. The van der Waals surface area contributed by atoms with Gasteiger partial charge < -0.3 is 20.5 Å². The van der Waals surface area contributed by atoms with Crippen molar-refractivity contribution in [2.24, 2.45) is 11.7 Å². The van der Waals surface area contributed by atoms with Gasteiger partial charge in [0.05, 0.1) is 11.5 Å². The van der Waals surface area contributed by atoms with Crippen molar-refractivity contribution in [3.05, 3.63) is 59.2 Å². The van der Waals surface area contributed by atoms with Crippen molar-refractivity contribution in [1.29, 1.82) is 0 Å². The van der Waals surface area contributed by atoms with Crippen LogP contribution in [0.5, 0.6) is 0 Å². The Hall–Kier alpha value is -1.54. The van der Waals surface area contributed by atoms with Gasteiger partial charge in [0.25, 0.3) is 0 Å². The predicted molar refractivity (Wildman–Crippen MR) is 85.5 cm³/mol. The monoisotopic (exact) mass is 372 g/mol. The van der Waals surface area contributed by atoms with Crippen molar-refractivity contribution < 1.29 is 52.6 Å². The molecule has 0 radical (unpaired) electrons. The summed E-state index contributed by atoms with van der Waals surface area (Å²) in [6.45, 7) is 0.851. The van der Waals surface area contributed by atoms with Crippen LogP contribution in [0.4, 0.5) is 24.5 Å². The average Bonchev–Trinajstić information content (AvgIpc) is 2.59. The molecule has 2 aromatic carbocycles. The van der Waals surface area contributed by atoms with Gasteiger partial charge >= 0.3 is 35.7 Å². The number of benzene rings is 2. The third-order valence-electron chi connectivity index (χ3n) is 4.44. The van der Waals surface area contributed by atoms with Gasteiger partial charge in [0, 0.05) is 23.5 Å². The second-order valence-corrected chi connectivity index (χ2v) is 6.05. The summed E-state index contributed by atoms with van der Waals surface area (Å²) in [5, 5.41) is 11.4. The van der Waals surface area contributed by atoms with Gasteiger partial charge in [0.1, 0.15) is 0 Å². The molecule has 132 valence electrons. The SMILES string of the molecule is NCC1Cc2c(C(=O)[O-])cccc2N(c2ccc(C(F)(F)F)cc2)C1.[Na+]. The van der Waals surface area contributed by atoms with Crippen LogP contribution in [0.1, 0.15) is 21.5 Å². The first-order valence-corrected chi connectivity index (χ1v) is 7.79. The second kappa shape index (κ2) is 8.00. The number of halogens is 3. The Labute approximate surface area is 171 Å². The summed E-state index contributed by atoms with van der Waals surface area (Å²) in [5.41, 5.74) is 6.95. The van der Waals surface area contributed by atoms with E-state index in [1.807, 2.05) is 4.90 Å². The van der Waals surface area contributed by atoms with Crippen molar-refractivity contribution in [3.63, 3.8) is 0 Å². The van der Waals surface area contributed by atoms with Gasteiger partial charge in [-0.1, -0.05) is 12.1 Å². The molecule has 8 heteroatoms. The molecule has 0 bridgehead atoms. The Balaban J connectivity index is 0.00000243. The third kappa shape index (κ3) is 4.06. The fourth-order valence-corrected chi connectivity index (χ4v) is 3.18. The summed E-state index contributed by atoms with van der Waals surface area (Å²) < 4.78 is 38.3. The molecule has 3 rings (SSSR count). The number of carbonyl (C=O) groups is 1. The number of carboxylic acids is 1. The molecule has 2 N–H and O–H groups in total. The molecule has 0 aromatic heterocycles. The molecule has 0 aliphatic carbocycles. The Kier molecular flexibility index (Phi) is 6.39. The van der Waals surface area contributed by atoms with Crippen LogP contribution >= 0.6 is 0 Å². The number of hydrogen-bond donors (Lipinski definition) is 1. The quantitative estimate of drug-likeness (QED) is 0.727. The van der Waals surface area contributed by atoms with E-state index in [-0.39, 0.29) is 41.0 Å². The van der Waals surface area contributed by atoms with Crippen molar-refractivity contribution >= 4 is 17.3 Å². The van der Waals surface area contributed by atoms with Gasteiger partial charge in [0.15, 0.2) is 0 Å². The number of nitrogens with two attached hydrogens (primary N) is 1. The zero-order chi connectivity index (χ0) is 18.2. The Morgan fingerprint density at radius 1 is 1.19 bits per heavy atom. The number of hydrogen-bond acceptors (Lipinski definition) is 4. The molecule has 4 nitrogen and oxygen atoms in total. The summed E-state index contributed by atoms with van der Waals surface area (Å²) >= 11 is 0. The Morgan fingerprint density at radius 3 is 2.38 bits per heavy atom. The molecule has 1 aliphatic heterocycles. The van der Waals surface area contributed by atoms with Crippen LogP contribution in [-0.4, -0.2) is 19.1 Å². The maximum absolute atomic E-state index is 12.8. The van der Waals surface area contributed by atoms with E-state index >= 15 is 0 Å². The molecule has 0 saturated heterocycles. The van der Waals surface area contributed by atoms with E-state index in [4.69, 9.17) is 5.73 Å². The van der Waals surface area contributed by atoms with E-state index in [1.54, 1.807) is 12.1 Å². The summed E-state index contributed by atoms with van der Waals surface area (Å²) in [7, 11) is 0. The van der Waals surface area contributed by atoms with Crippen LogP contribution in [0, 0.1) is 5.92 Å². The first-order chi connectivity index (χ1) is 11.8. The number of anilines is 2. The van der Waals surface area contributed by atoms with Crippen LogP contribution < -0.4 is 45.3 Å². The van der Waals surface area contributed by atoms with E-state index in [2.05, 4.69) is 0 Å². The molecule has 1 aliphatic rings. The molecular weight excluding hydrogens is 356 g/mol. The van der Waals surface area contributed by atoms with Crippen LogP contribution in [0.3, 0.4) is 0 Å². The largest absolute Gasteiger partial charge is 1.00 e. The molecule has 0 fully saturated rings. The minimum Gasteiger partial charge on any atom is -0.545 e. The van der Waals surface area contributed by atoms with Crippen LogP contribution in [0.2, 0.25) is 0 Å². The standard InChI is InChI=1S/C18H17F3N2O2.Na/c19-18(20,21)12-4-6-13(7-5-12)23-10-11(9-22)8-15-14(17(24)25)2-1-3-16(15)23;/h1-7,11H,8-10,22H2,(H,24,25);/q;+1/p-1. The van der Waals surface area contributed by atoms with E-state index in [1.165, 1.54) is 18.2 Å². The van der Waals surface area contributed by atoms with Gasteiger partial charge in [-0.2, -0.15) is 13.2 Å². The summed E-state index contributed by atoms with van der Waals surface area (Å²) in [4.78, 5) is 13.2. The van der Waals surface area contributed by atoms with E-state index in [0.29, 0.717) is 36.4 Å². The normalized spacial score (nSPS) is 16.6. The first-order valence-electron chi connectivity index (χ1n) is 7.79. The predicted octanol–water partition coefficient (Wildman–Crippen LogP) is -0.658. The van der Waals surface area contributed by atoms with E-state index in [9.17, 15) is 23.1 Å². The number of carbonyl (C=O) groups excluding carboxylic acids is 1. The molecule has 1 heterocycles. The average molecular weight is 372 g/mol. The van der Waals surface area contributed by atoms with Crippen molar-refractivity contribution in [2.45, 2.75) is 12.6 Å². The van der Waals surface area contributed by atoms with Crippen molar-refractivity contribution in [2.75, 3.05) is 18.0 Å². The number of rotatable bonds is 3. The third-order valence-corrected chi connectivity index (χ3v) is 4.44. The van der Waals surface area contributed by atoms with Crippen molar-refractivity contribution in [1.82, 2.24) is 0 Å². The molecule has 26 heavy (non-hydrogen) atoms. The molecule has 2 aromatic rings. The minimum atomic E-state index is -4.40. The molecule has 0 amide bonds. The van der Waals surface area contributed by atoms with Gasteiger partial charge in [0.2, 0.25) is 0 Å². The zero-order valence-corrected chi connectivity index (χ0v) is 16.2. The van der Waals surface area contributed by atoms with Gasteiger partial charge in [-0.05, 0) is 54.8 Å². The topological polar surface area (TPSA) is 69.4 Å². The zero-order valence-electron chi connectivity index (χ0n) is 14.2. The number of aromatic carboxylic acids is 1. The van der Waals surface area contributed by atoms with Crippen LogP contribution in [0.15, 0.2) is 42.5 Å². The Morgan fingerprint density at radius 2 is 1.85 bits per heavy atom. The molecule has 0 saturated carbocycles. The maximum atomic E-state index is 12.8. The fourth-order valence-electron chi connectivity index (χ4n) is 3.18. The minimum absolute atomic E-state index is 0. The fraction of sp³-hybridized carbons (Fsp3) is 0.278. The summed E-state index contributed by atoms with van der Waals surface area (Å²) in [5.74, 6) is -1.28. The Bertz CT molecular complexity index is 794. The molecule has 1 atom stereocenters. The van der Waals surface area contributed by atoms with Gasteiger partial charge in [-0.3, -0.25) is 0 Å². The van der Waals surface area contributed by atoms with Gasteiger partial charge in [-0.15, -0.1) is 0 Å². The van der Waals surface area contributed by atoms with Crippen molar-refractivity contribution in [3.8, 4) is 0 Å². The summed E-state index contributed by atoms with van der Waals surface area (Å²) in [6, 6.07) is 9.63. The van der Waals surface area contributed by atoms with Crippen LogP contribution in [0.25, 0.3) is 0 Å². The smallest absolute Gasteiger partial charge is 0.545 e. The molecule has 1 unspecified atom stereocenters. The number of alkyl halides is 3. The van der Waals surface area contributed by atoms with E-state index < -0.39 is 17.7 Å². The van der Waals surface area contributed by atoms with Crippen LogP contribution in [-0.2, 0) is 12.6 Å². The summed E-state index contributed by atoms with van der Waals surface area (Å²) in [6.07, 6.45) is -3.91. The number of carboxylic acid groups (broad SMARTS) is 1. The first kappa shape index (κ1) is 20.8. The molecular formula is C18H16F3N2NaO2. The number of fused-ring (bicyclic) bond motifs is 1.